The zero-order valence-electron chi connectivity index (χ0n) is 14.0. The van der Waals surface area contributed by atoms with Gasteiger partial charge in [-0.15, -0.1) is 0 Å². The minimum absolute atomic E-state index is 0.173. The number of hydrogen-bond acceptors (Lipinski definition) is 2. The molecule has 5 heteroatoms. The van der Waals surface area contributed by atoms with Crippen LogP contribution in [0.3, 0.4) is 0 Å². The van der Waals surface area contributed by atoms with Crippen LogP contribution in [0.2, 0.25) is 0 Å². The van der Waals surface area contributed by atoms with E-state index in [0.717, 1.165) is 27.5 Å². The number of amides is 1. The van der Waals surface area contributed by atoms with Crippen molar-refractivity contribution >= 4 is 38.4 Å². The van der Waals surface area contributed by atoms with E-state index < -0.39 is 0 Å². The Morgan fingerprint density at radius 2 is 2.08 bits per heavy atom. The molecule has 1 atom stereocenters. The Hall–Kier alpha value is -2.40. The van der Waals surface area contributed by atoms with Gasteiger partial charge in [-0.25, -0.2) is 0 Å². The molecule has 1 aliphatic rings. The van der Waals surface area contributed by atoms with Crippen molar-refractivity contribution in [3.63, 3.8) is 0 Å². The van der Waals surface area contributed by atoms with Crippen molar-refractivity contribution in [1.82, 2.24) is 4.57 Å². The fraction of sp³-hybridized carbons (Fsp3) is 0.200. The molecule has 3 aromatic rings. The predicted octanol–water partition coefficient (Wildman–Crippen LogP) is 4.44. The number of rotatable bonds is 2. The minimum Gasteiger partial charge on any atom is -0.343 e. The largest absolute Gasteiger partial charge is 0.343 e. The van der Waals surface area contributed by atoms with Crippen LogP contribution in [-0.2, 0) is 6.42 Å². The molecular weight excluding hydrogens is 380 g/mol. The van der Waals surface area contributed by atoms with Gasteiger partial charge < -0.3 is 9.88 Å². The summed E-state index contributed by atoms with van der Waals surface area (Å²) < 4.78 is 2.91. The number of carbonyl (C=O) groups is 1. The summed E-state index contributed by atoms with van der Waals surface area (Å²) in [4.78, 5) is 25.7. The smallest absolute Gasteiger partial charge is 0.261 e. The quantitative estimate of drug-likeness (QED) is 0.695. The summed E-state index contributed by atoms with van der Waals surface area (Å²) in [6.45, 7) is 4.06. The SMILES string of the molecule is Cc1cccc(NC(=O)c2cn3c4c(cc(Br)cc4c2=O)C[C@H]3C)c1. The van der Waals surface area contributed by atoms with Crippen LogP contribution < -0.4 is 10.7 Å². The number of aryl methyl sites for hydroxylation is 1. The Kier molecular flexibility index (Phi) is 3.76. The van der Waals surface area contributed by atoms with Gasteiger partial charge in [-0.3, -0.25) is 9.59 Å². The van der Waals surface area contributed by atoms with Crippen LogP contribution in [0.25, 0.3) is 10.9 Å². The van der Waals surface area contributed by atoms with Gasteiger partial charge in [0.2, 0.25) is 5.43 Å². The van der Waals surface area contributed by atoms with Gasteiger partial charge in [-0.1, -0.05) is 28.1 Å². The van der Waals surface area contributed by atoms with Crippen molar-refractivity contribution in [3.05, 3.63) is 74.0 Å². The lowest BCUT2D eigenvalue weighted by molar-refractivity contribution is 0.102. The molecule has 0 fully saturated rings. The number of carbonyl (C=O) groups excluding carboxylic acids is 1. The van der Waals surface area contributed by atoms with Crippen LogP contribution in [0.15, 0.2) is 51.9 Å². The molecule has 1 aliphatic heterocycles. The Balaban J connectivity index is 1.85. The van der Waals surface area contributed by atoms with Gasteiger partial charge in [0.15, 0.2) is 0 Å². The highest BCUT2D eigenvalue weighted by atomic mass is 79.9. The molecule has 4 rings (SSSR count). The second kappa shape index (κ2) is 5.85. The fourth-order valence-electron chi connectivity index (χ4n) is 3.54. The van der Waals surface area contributed by atoms with E-state index in [1.807, 2.05) is 41.8 Å². The van der Waals surface area contributed by atoms with Crippen molar-refractivity contribution in [3.8, 4) is 0 Å². The molecule has 0 radical (unpaired) electrons. The van der Waals surface area contributed by atoms with Crippen molar-refractivity contribution in [2.24, 2.45) is 0 Å². The molecular formula is C20H17BrN2O2. The Morgan fingerprint density at radius 1 is 1.28 bits per heavy atom. The summed E-state index contributed by atoms with van der Waals surface area (Å²) in [5.41, 5.74) is 3.76. The van der Waals surface area contributed by atoms with Gasteiger partial charge in [-0.05, 0) is 55.7 Å². The lowest BCUT2D eigenvalue weighted by Gasteiger charge is -2.13. The summed E-state index contributed by atoms with van der Waals surface area (Å²) >= 11 is 3.48. The predicted molar refractivity (Wildman–Crippen MR) is 103 cm³/mol. The third-order valence-corrected chi connectivity index (χ3v) is 5.14. The van der Waals surface area contributed by atoms with Gasteiger partial charge in [0.05, 0.1) is 5.52 Å². The van der Waals surface area contributed by atoms with Crippen LogP contribution >= 0.6 is 15.9 Å². The number of nitrogens with zero attached hydrogens (tertiary/aromatic N) is 1. The summed E-state index contributed by atoms with van der Waals surface area (Å²) in [6.07, 6.45) is 2.56. The van der Waals surface area contributed by atoms with E-state index in [1.54, 1.807) is 12.3 Å². The number of pyridine rings is 1. The molecule has 0 bridgehead atoms. The number of halogens is 1. The lowest BCUT2D eigenvalue weighted by atomic mass is 10.1. The molecule has 1 aromatic heterocycles. The van der Waals surface area contributed by atoms with Crippen molar-refractivity contribution < 1.29 is 4.79 Å². The molecule has 0 unspecified atom stereocenters. The third-order valence-electron chi connectivity index (χ3n) is 4.68. The van der Waals surface area contributed by atoms with E-state index in [2.05, 4.69) is 28.2 Å². The molecule has 126 valence electrons. The van der Waals surface area contributed by atoms with E-state index in [-0.39, 0.29) is 22.9 Å². The normalized spacial score (nSPS) is 15.6. The summed E-state index contributed by atoms with van der Waals surface area (Å²) in [5, 5.41) is 3.43. The van der Waals surface area contributed by atoms with E-state index in [0.29, 0.717) is 11.1 Å². The van der Waals surface area contributed by atoms with Crippen LogP contribution in [-0.4, -0.2) is 10.5 Å². The number of nitrogens with one attached hydrogen (secondary N) is 1. The number of aromatic nitrogens is 1. The van der Waals surface area contributed by atoms with Crippen LogP contribution in [0, 0.1) is 6.92 Å². The number of hydrogen-bond donors (Lipinski definition) is 1. The van der Waals surface area contributed by atoms with Gasteiger partial charge in [0.25, 0.3) is 5.91 Å². The molecule has 0 spiro atoms. The number of anilines is 1. The first kappa shape index (κ1) is 16.1. The second-order valence-electron chi connectivity index (χ2n) is 6.62. The van der Waals surface area contributed by atoms with E-state index in [1.165, 1.54) is 0 Å². The van der Waals surface area contributed by atoms with Gasteiger partial charge >= 0.3 is 0 Å². The highest BCUT2D eigenvalue weighted by Gasteiger charge is 2.25. The fourth-order valence-corrected chi connectivity index (χ4v) is 4.05. The van der Waals surface area contributed by atoms with Crippen LogP contribution in [0.5, 0.6) is 0 Å². The first-order chi connectivity index (χ1) is 11.9. The summed E-state index contributed by atoms with van der Waals surface area (Å²) in [7, 11) is 0. The Bertz CT molecular complexity index is 1080. The zero-order chi connectivity index (χ0) is 17.7. The van der Waals surface area contributed by atoms with Gasteiger partial charge in [-0.2, -0.15) is 0 Å². The van der Waals surface area contributed by atoms with Gasteiger partial charge in [0.1, 0.15) is 5.56 Å². The highest BCUT2D eigenvalue weighted by Crippen LogP contribution is 2.33. The molecule has 0 saturated heterocycles. The molecule has 4 nitrogen and oxygen atoms in total. The third kappa shape index (κ3) is 2.68. The first-order valence-electron chi connectivity index (χ1n) is 8.19. The molecule has 1 amide bonds. The monoisotopic (exact) mass is 396 g/mol. The topological polar surface area (TPSA) is 51.1 Å². The summed E-state index contributed by atoms with van der Waals surface area (Å²) in [5.74, 6) is -0.373. The van der Waals surface area contributed by atoms with Crippen LogP contribution in [0.1, 0.15) is 34.5 Å². The van der Waals surface area contributed by atoms with Crippen molar-refractivity contribution in [1.29, 1.82) is 0 Å². The average molecular weight is 397 g/mol. The standard InChI is InChI=1S/C20H17BrN2O2/c1-11-4-3-5-15(6-11)22-20(25)17-10-23-12(2)7-13-8-14(21)9-16(18(13)23)19(17)24/h3-6,8-10,12H,7H2,1-2H3,(H,22,25)/t12-/m1/s1. The van der Waals surface area contributed by atoms with E-state index in [9.17, 15) is 9.59 Å². The van der Waals surface area contributed by atoms with E-state index in [4.69, 9.17) is 0 Å². The molecule has 0 saturated carbocycles. The lowest BCUT2D eigenvalue weighted by Crippen LogP contribution is -2.23. The average Bonchev–Trinajstić information content (AvgIpc) is 2.86. The molecule has 2 aromatic carbocycles. The minimum atomic E-state index is -0.373. The molecule has 2 heterocycles. The van der Waals surface area contributed by atoms with Gasteiger partial charge in [0, 0.05) is 27.8 Å². The maximum atomic E-state index is 12.9. The first-order valence-corrected chi connectivity index (χ1v) is 8.98. The maximum absolute atomic E-state index is 12.9. The Labute approximate surface area is 153 Å². The van der Waals surface area contributed by atoms with Crippen LogP contribution in [0.4, 0.5) is 5.69 Å². The number of benzene rings is 2. The van der Waals surface area contributed by atoms with Crippen molar-refractivity contribution in [2.45, 2.75) is 26.3 Å². The molecule has 1 N–H and O–H groups in total. The Morgan fingerprint density at radius 3 is 2.84 bits per heavy atom. The maximum Gasteiger partial charge on any atom is 0.261 e. The molecule has 25 heavy (non-hydrogen) atoms. The zero-order valence-corrected chi connectivity index (χ0v) is 15.6. The van der Waals surface area contributed by atoms with Crippen molar-refractivity contribution in [2.75, 3.05) is 5.32 Å². The second-order valence-corrected chi connectivity index (χ2v) is 7.53. The van der Waals surface area contributed by atoms with E-state index >= 15 is 0 Å². The molecule has 0 aliphatic carbocycles. The highest BCUT2D eigenvalue weighted by molar-refractivity contribution is 9.10. The summed E-state index contributed by atoms with van der Waals surface area (Å²) in [6, 6.07) is 11.6.